The number of fused-ring (bicyclic) bond motifs is 4. The van der Waals surface area contributed by atoms with Crippen molar-refractivity contribution in [1.29, 1.82) is 0 Å². The number of nitrogens with one attached hydrogen (secondary N) is 1. The predicted molar refractivity (Wildman–Crippen MR) is 119 cm³/mol. The van der Waals surface area contributed by atoms with Gasteiger partial charge in [-0.25, -0.2) is 9.50 Å². The number of hydrogen-bond acceptors (Lipinski definition) is 4. The average molecular weight is 395 g/mol. The summed E-state index contributed by atoms with van der Waals surface area (Å²) in [5, 5.41) is 9.74. The lowest BCUT2D eigenvalue weighted by Gasteiger charge is -2.12. The van der Waals surface area contributed by atoms with Crippen LogP contribution in [0.5, 0.6) is 0 Å². The lowest BCUT2D eigenvalue weighted by atomic mass is 10.1. The summed E-state index contributed by atoms with van der Waals surface area (Å²) in [5.74, 6) is -0.0438. The number of nitrogens with zero attached hydrogens (tertiary/aromatic N) is 4. The molecule has 0 saturated carbocycles. The maximum atomic E-state index is 12.7. The lowest BCUT2D eigenvalue weighted by Crippen LogP contribution is -2.14. The smallest absolute Gasteiger partial charge is 0.224 e. The number of anilines is 1. The van der Waals surface area contributed by atoms with Crippen molar-refractivity contribution in [2.45, 2.75) is 26.7 Å². The average Bonchev–Trinajstić information content (AvgIpc) is 3.13. The van der Waals surface area contributed by atoms with E-state index in [1.807, 2.05) is 73.0 Å². The summed E-state index contributed by atoms with van der Waals surface area (Å²) >= 11 is 0. The van der Waals surface area contributed by atoms with E-state index in [0.29, 0.717) is 12.8 Å². The van der Waals surface area contributed by atoms with Gasteiger partial charge in [0.15, 0.2) is 5.65 Å². The van der Waals surface area contributed by atoms with Crippen LogP contribution in [0, 0.1) is 13.8 Å². The van der Waals surface area contributed by atoms with E-state index in [1.165, 1.54) is 0 Å². The molecule has 0 atom stereocenters. The molecular weight excluding hydrogens is 374 g/mol. The van der Waals surface area contributed by atoms with Crippen LogP contribution in [0.1, 0.15) is 23.4 Å². The van der Waals surface area contributed by atoms with E-state index in [-0.39, 0.29) is 5.91 Å². The number of pyridine rings is 1. The predicted octanol–water partition coefficient (Wildman–Crippen LogP) is 4.62. The third-order valence-corrected chi connectivity index (χ3v) is 5.53. The van der Waals surface area contributed by atoms with Crippen molar-refractivity contribution in [1.82, 2.24) is 19.6 Å². The number of para-hydroxylation sites is 1. The topological polar surface area (TPSA) is 72.2 Å². The SMILES string of the molecule is Cc1nc2c3ccccc3nn2c(C)c1CCC(=O)Nc1cccc2cccnc12. The largest absolute Gasteiger partial charge is 0.324 e. The molecule has 6 nitrogen and oxygen atoms in total. The fourth-order valence-electron chi connectivity index (χ4n) is 3.99. The molecule has 0 saturated heterocycles. The Morgan fingerprint density at radius 1 is 1.03 bits per heavy atom. The zero-order chi connectivity index (χ0) is 20.7. The number of carbonyl (C=O) groups excluding carboxylic acids is 1. The Morgan fingerprint density at radius 3 is 2.77 bits per heavy atom. The highest BCUT2D eigenvalue weighted by molar-refractivity contribution is 6.00. The van der Waals surface area contributed by atoms with E-state index < -0.39 is 0 Å². The van der Waals surface area contributed by atoms with Crippen molar-refractivity contribution in [3.63, 3.8) is 0 Å². The highest BCUT2D eigenvalue weighted by Gasteiger charge is 2.15. The van der Waals surface area contributed by atoms with Crippen molar-refractivity contribution < 1.29 is 4.79 Å². The summed E-state index contributed by atoms with van der Waals surface area (Å²) in [6.45, 7) is 4.03. The Labute approximate surface area is 173 Å². The first-order valence-corrected chi connectivity index (χ1v) is 9.99. The Kier molecular flexibility index (Phi) is 4.39. The molecule has 0 aliphatic rings. The zero-order valence-electron chi connectivity index (χ0n) is 16.9. The van der Waals surface area contributed by atoms with Crippen molar-refractivity contribution in [3.05, 3.63) is 77.7 Å². The molecule has 0 unspecified atom stereocenters. The number of benzene rings is 2. The van der Waals surface area contributed by atoms with Crippen LogP contribution in [-0.2, 0) is 11.2 Å². The molecule has 3 aromatic heterocycles. The van der Waals surface area contributed by atoms with Gasteiger partial charge in [-0.1, -0.05) is 30.3 Å². The van der Waals surface area contributed by atoms with E-state index in [9.17, 15) is 4.79 Å². The third kappa shape index (κ3) is 3.06. The second kappa shape index (κ2) is 7.22. The monoisotopic (exact) mass is 395 g/mol. The van der Waals surface area contributed by atoms with Gasteiger partial charge in [0.05, 0.1) is 16.7 Å². The quantitative estimate of drug-likeness (QED) is 0.482. The van der Waals surface area contributed by atoms with Crippen molar-refractivity contribution >= 4 is 39.0 Å². The van der Waals surface area contributed by atoms with Gasteiger partial charge in [0.25, 0.3) is 0 Å². The van der Waals surface area contributed by atoms with Gasteiger partial charge in [0, 0.05) is 34.8 Å². The standard InChI is InChI=1S/C24H21N5O/c1-15-18(16(2)29-24(26-15)19-9-3-4-10-20(19)28-29)12-13-22(30)27-21-11-5-7-17-8-6-14-25-23(17)21/h3-11,14H,12-13H2,1-2H3,(H,27,30). The number of aryl methyl sites for hydroxylation is 2. The van der Waals surface area contributed by atoms with Gasteiger partial charge >= 0.3 is 0 Å². The molecule has 0 spiro atoms. The zero-order valence-corrected chi connectivity index (χ0v) is 16.9. The highest BCUT2D eigenvalue weighted by atomic mass is 16.1. The maximum absolute atomic E-state index is 12.7. The van der Waals surface area contributed by atoms with E-state index in [0.717, 1.165) is 50.1 Å². The van der Waals surface area contributed by atoms with Gasteiger partial charge in [-0.3, -0.25) is 9.78 Å². The molecule has 3 heterocycles. The number of amides is 1. The molecular formula is C24H21N5O. The molecule has 0 aliphatic carbocycles. The molecule has 0 radical (unpaired) electrons. The highest BCUT2D eigenvalue weighted by Crippen LogP contribution is 2.24. The van der Waals surface area contributed by atoms with Crippen molar-refractivity contribution in [3.8, 4) is 0 Å². The number of carbonyl (C=O) groups is 1. The minimum Gasteiger partial charge on any atom is -0.324 e. The van der Waals surface area contributed by atoms with Crippen molar-refractivity contribution in [2.24, 2.45) is 0 Å². The summed E-state index contributed by atoms with van der Waals surface area (Å²) in [4.78, 5) is 21.9. The first-order valence-electron chi connectivity index (χ1n) is 9.99. The van der Waals surface area contributed by atoms with Gasteiger partial charge in [0.1, 0.15) is 0 Å². The fraction of sp³-hybridized carbons (Fsp3) is 0.167. The van der Waals surface area contributed by atoms with E-state index in [1.54, 1.807) is 6.20 Å². The fourth-order valence-corrected chi connectivity index (χ4v) is 3.99. The molecule has 0 fully saturated rings. The van der Waals surface area contributed by atoms with Crippen LogP contribution in [-0.4, -0.2) is 25.5 Å². The molecule has 2 aromatic carbocycles. The second-order valence-electron chi connectivity index (χ2n) is 7.44. The second-order valence-corrected chi connectivity index (χ2v) is 7.44. The van der Waals surface area contributed by atoms with E-state index in [2.05, 4.69) is 10.3 Å². The Hall–Kier alpha value is -3.80. The summed E-state index contributed by atoms with van der Waals surface area (Å²) in [6, 6.07) is 17.7. The van der Waals surface area contributed by atoms with Crippen LogP contribution in [0.4, 0.5) is 5.69 Å². The van der Waals surface area contributed by atoms with Gasteiger partial charge in [-0.15, -0.1) is 0 Å². The molecule has 6 heteroatoms. The first kappa shape index (κ1) is 18.2. The summed E-state index contributed by atoms with van der Waals surface area (Å²) in [7, 11) is 0. The van der Waals surface area contributed by atoms with Crippen LogP contribution in [0.15, 0.2) is 60.8 Å². The van der Waals surface area contributed by atoms with Crippen LogP contribution in [0.25, 0.3) is 27.5 Å². The molecule has 0 aliphatic heterocycles. The molecule has 5 aromatic rings. The summed E-state index contributed by atoms with van der Waals surface area (Å²) < 4.78 is 1.89. The molecule has 0 bridgehead atoms. The molecule has 148 valence electrons. The van der Waals surface area contributed by atoms with Crippen LogP contribution in [0.2, 0.25) is 0 Å². The summed E-state index contributed by atoms with van der Waals surface area (Å²) in [5.41, 5.74) is 6.33. The molecule has 1 N–H and O–H groups in total. The third-order valence-electron chi connectivity index (χ3n) is 5.53. The van der Waals surface area contributed by atoms with Gasteiger partial charge in [-0.2, -0.15) is 5.10 Å². The lowest BCUT2D eigenvalue weighted by molar-refractivity contribution is -0.116. The Balaban J connectivity index is 1.40. The van der Waals surface area contributed by atoms with E-state index >= 15 is 0 Å². The Morgan fingerprint density at radius 2 is 1.87 bits per heavy atom. The van der Waals surface area contributed by atoms with Crippen LogP contribution in [0.3, 0.4) is 0 Å². The summed E-state index contributed by atoms with van der Waals surface area (Å²) in [6.07, 6.45) is 2.69. The van der Waals surface area contributed by atoms with Crippen LogP contribution >= 0.6 is 0 Å². The van der Waals surface area contributed by atoms with E-state index in [4.69, 9.17) is 10.1 Å². The number of hydrogen-bond donors (Lipinski definition) is 1. The number of aromatic nitrogens is 4. The maximum Gasteiger partial charge on any atom is 0.224 e. The molecule has 30 heavy (non-hydrogen) atoms. The normalized spacial score (nSPS) is 11.4. The van der Waals surface area contributed by atoms with Gasteiger partial charge in [-0.05, 0) is 50.1 Å². The molecule has 5 rings (SSSR count). The van der Waals surface area contributed by atoms with Gasteiger partial charge in [0.2, 0.25) is 5.91 Å². The minimum absolute atomic E-state index is 0.0438. The molecule has 1 amide bonds. The Bertz CT molecular complexity index is 1410. The van der Waals surface area contributed by atoms with Gasteiger partial charge < -0.3 is 5.32 Å². The van der Waals surface area contributed by atoms with Crippen molar-refractivity contribution in [2.75, 3.05) is 5.32 Å². The minimum atomic E-state index is -0.0438. The number of rotatable bonds is 4. The first-order chi connectivity index (χ1) is 14.6. The van der Waals surface area contributed by atoms with Crippen LogP contribution < -0.4 is 5.32 Å².